The molecule has 0 aliphatic rings. The lowest BCUT2D eigenvalue weighted by Gasteiger charge is -2.29. The third-order valence-electron chi connectivity index (χ3n) is 5.12. The Morgan fingerprint density at radius 2 is 1.43 bits per heavy atom. The van der Waals surface area contributed by atoms with Crippen molar-refractivity contribution in [1.82, 2.24) is 0 Å². The van der Waals surface area contributed by atoms with Gasteiger partial charge in [0.15, 0.2) is 11.5 Å². The van der Waals surface area contributed by atoms with Crippen molar-refractivity contribution in [3.05, 3.63) is 23.8 Å². The SMILES string of the molecule is CCCOC(=O)O[C@@H](C)CC(N)(Cc1ccc(OC(=O)C(C)(C)C)c(OC(=O)C(C)(C)C)c1)C(=O)OC. The summed E-state index contributed by atoms with van der Waals surface area (Å²) < 4.78 is 26.1. The van der Waals surface area contributed by atoms with Crippen molar-refractivity contribution < 1.29 is 42.9 Å². The second kappa shape index (κ2) is 12.9. The Morgan fingerprint density at radius 3 is 1.92 bits per heavy atom. The molecule has 10 nitrogen and oxygen atoms in total. The van der Waals surface area contributed by atoms with Crippen molar-refractivity contribution in [2.24, 2.45) is 16.6 Å². The van der Waals surface area contributed by atoms with Crippen LogP contribution in [0.15, 0.2) is 18.2 Å². The predicted octanol–water partition coefficient (Wildman–Crippen LogP) is 4.34. The average Bonchev–Trinajstić information content (AvgIpc) is 2.77. The molecule has 1 rings (SSSR count). The first-order chi connectivity index (χ1) is 16.9. The van der Waals surface area contributed by atoms with Gasteiger partial charge in [0.25, 0.3) is 0 Å². The third-order valence-corrected chi connectivity index (χ3v) is 5.12. The first-order valence-electron chi connectivity index (χ1n) is 12.2. The predicted molar refractivity (Wildman–Crippen MR) is 136 cm³/mol. The summed E-state index contributed by atoms with van der Waals surface area (Å²) in [4.78, 5) is 49.6. The lowest BCUT2D eigenvalue weighted by Crippen LogP contribution is -2.53. The summed E-state index contributed by atoms with van der Waals surface area (Å²) in [5.74, 6) is -1.72. The van der Waals surface area contributed by atoms with Crippen LogP contribution in [0.2, 0.25) is 0 Å². The molecule has 0 saturated carbocycles. The topological polar surface area (TPSA) is 140 Å². The first kappa shape index (κ1) is 31.9. The second-order valence-corrected chi connectivity index (χ2v) is 11.1. The summed E-state index contributed by atoms with van der Waals surface area (Å²) in [6.07, 6.45) is -1.11. The van der Waals surface area contributed by atoms with Crippen LogP contribution in [-0.4, -0.2) is 49.4 Å². The van der Waals surface area contributed by atoms with E-state index in [1.165, 1.54) is 19.2 Å². The fourth-order valence-corrected chi connectivity index (χ4v) is 3.07. The van der Waals surface area contributed by atoms with Crippen LogP contribution in [0.1, 0.15) is 73.8 Å². The number of nitrogens with two attached hydrogens (primary N) is 1. The lowest BCUT2D eigenvalue weighted by molar-refractivity contribution is -0.148. The Balaban J connectivity index is 3.31. The van der Waals surface area contributed by atoms with Crippen LogP contribution >= 0.6 is 0 Å². The molecule has 37 heavy (non-hydrogen) atoms. The van der Waals surface area contributed by atoms with Gasteiger partial charge in [0.05, 0.1) is 24.5 Å². The fourth-order valence-electron chi connectivity index (χ4n) is 3.07. The van der Waals surface area contributed by atoms with Gasteiger partial charge in [0.1, 0.15) is 11.6 Å². The van der Waals surface area contributed by atoms with E-state index in [0.717, 1.165) is 0 Å². The molecule has 0 bridgehead atoms. The zero-order valence-electron chi connectivity index (χ0n) is 23.4. The minimum atomic E-state index is -1.59. The number of carbonyl (C=O) groups excluding carboxylic acids is 4. The molecule has 1 unspecified atom stereocenters. The molecule has 2 N–H and O–H groups in total. The Morgan fingerprint density at radius 1 is 0.892 bits per heavy atom. The average molecular weight is 524 g/mol. The number of esters is 3. The van der Waals surface area contributed by atoms with E-state index in [1.54, 1.807) is 54.5 Å². The molecule has 1 aromatic carbocycles. The highest BCUT2D eigenvalue weighted by molar-refractivity contribution is 5.82. The molecular formula is C27H41NO9. The summed E-state index contributed by atoms with van der Waals surface area (Å²) in [5, 5.41) is 0. The Hall–Kier alpha value is -3.14. The van der Waals surface area contributed by atoms with E-state index in [1.807, 2.05) is 6.92 Å². The quantitative estimate of drug-likeness (QED) is 0.348. The molecule has 0 heterocycles. The van der Waals surface area contributed by atoms with Gasteiger partial charge in [-0.25, -0.2) is 4.79 Å². The Kier molecular flexibility index (Phi) is 11.1. The molecule has 0 amide bonds. The summed E-state index contributed by atoms with van der Waals surface area (Å²) in [6.45, 7) is 13.8. The Labute approximate surface area is 219 Å². The Bertz CT molecular complexity index is 975. The largest absolute Gasteiger partial charge is 0.508 e. The van der Waals surface area contributed by atoms with Crippen LogP contribution < -0.4 is 15.2 Å². The molecule has 0 aliphatic heterocycles. The summed E-state index contributed by atoms with van der Waals surface area (Å²) in [6, 6.07) is 4.57. The highest BCUT2D eigenvalue weighted by Gasteiger charge is 2.39. The summed E-state index contributed by atoms with van der Waals surface area (Å²) in [7, 11) is 1.20. The van der Waals surface area contributed by atoms with E-state index >= 15 is 0 Å². The molecule has 0 aromatic heterocycles. The van der Waals surface area contributed by atoms with E-state index in [4.69, 9.17) is 29.4 Å². The fraction of sp³-hybridized carbons (Fsp3) is 0.630. The highest BCUT2D eigenvalue weighted by atomic mass is 16.7. The van der Waals surface area contributed by atoms with Crippen molar-refractivity contribution in [3.8, 4) is 11.5 Å². The van der Waals surface area contributed by atoms with Crippen LogP contribution in [-0.2, 0) is 35.0 Å². The zero-order chi connectivity index (χ0) is 28.6. The van der Waals surface area contributed by atoms with E-state index in [0.29, 0.717) is 12.0 Å². The number of hydrogen-bond donors (Lipinski definition) is 1. The smallest absolute Gasteiger partial charge is 0.468 e. The first-order valence-corrected chi connectivity index (χ1v) is 12.2. The molecule has 0 radical (unpaired) electrons. The number of methoxy groups -OCH3 is 1. The molecule has 0 aliphatic carbocycles. The van der Waals surface area contributed by atoms with Gasteiger partial charge in [-0.1, -0.05) is 13.0 Å². The zero-order valence-corrected chi connectivity index (χ0v) is 23.4. The maximum atomic E-state index is 12.7. The minimum absolute atomic E-state index is 0.00897. The van der Waals surface area contributed by atoms with Gasteiger partial charge in [-0.05, 0) is 72.6 Å². The van der Waals surface area contributed by atoms with E-state index in [2.05, 4.69) is 0 Å². The van der Waals surface area contributed by atoms with Gasteiger partial charge in [-0.2, -0.15) is 0 Å². The summed E-state index contributed by atoms with van der Waals surface area (Å²) in [5.41, 5.74) is 3.74. The standard InChI is InChI=1S/C27H41NO9/c1-10-13-34-24(32)35-17(2)15-27(28,23(31)33-9)16-18-11-12-19(36-21(29)25(3,4)5)20(14-18)37-22(30)26(6,7)8/h11-12,14,17H,10,13,15-16,28H2,1-9H3/t17-,27?/m0/s1. The lowest BCUT2D eigenvalue weighted by atomic mass is 9.86. The summed E-state index contributed by atoms with van der Waals surface area (Å²) >= 11 is 0. The molecule has 0 spiro atoms. The molecule has 2 atom stereocenters. The van der Waals surface area contributed by atoms with Gasteiger partial charge in [-0.15, -0.1) is 0 Å². The van der Waals surface area contributed by atoms with Crippen LogP contribution in [0.4, 0.5) is 4.79 Å². The van der Waals surface area contributed by atoms with Crippen LogP contribution in [0, 0.1) is 10.8 Å². The molecule has 208 valence electrons. The number of carbonyl (C=O) groups is 4. The van der Waals surface area contributed by atoms with Gasteiger partial charge in [0.2, 0.25) is 0 Å². The van der Waals surface area contributed by atoms with E-state index < -0.39 is 46.5 Å². The van der Waals surface area contributed by atoms with Crippen LogP contribution in [0.25, 0.3) is 0 Å². The van der Waals surface area contributed by atoms with Crippen molar-refractivity contribution >= 4 is 24.1 Å². The maximum absolute atomic E-state index is 12.7. The van der Waals surface area contributed by atoms with E-state index in [-0.39, 0.29) is 30.9 Å². The highest BCUT2D eigenvalue weighted by Crippen LogP contribution is 2.34. The monoisotopic (exact) mass is 523 g/mol. The number of ether oxygens (including phenoxy) is 5. The van der Waals surface area contributed by atoms with Gasteiger partial charge >= 0.3 is 24.1 Å². The molecule has 1 aromatic rings. The van der Waals surface area contributed by atoms with Crippen molar-refractivity contribution in [1.29, 1.82) is 0 Å². The number of rotatable bonds is 10. The number of hydrogen-bond acceptors (Lipinski definition) is 10. The van der Waals surface area contributed by atoms with Gasteiger partial charge < -0.3 is 29.4 Å². The van der Waals surface area contributed by atoms with Crippen molar-refractivity contribution in [2.45, 2.75) is 86.3 Å². The molecule has 10 heteroatoms. The number of benzene rings is 1. The van der Waals surface area contributed by atoms with Crippen LogP contribution in [0.5, 0.6) is 11.5 Å². The second-order valence-electron chi connectivity index (χ2n) is 11.1. The molecular weight excluding hydrogens is 482 g/mol. The van der Waals surface area contributed by atoms with Crippen molar-refractivity contribution in [3.63, 3.8) is 0 Å². The molecule has 0 fully saturated rings. The minimum Gasteiger partial charge on any atom is -0.468 e. The van der Waals surface area contributed by atoms with E-state index in [9.17, 15) is 19.2 Å². The normalized spacial score (nSPS) is 14.1. The third kappa shape index (κ3) is 10.0. The maximum Gasteiger partial charge on any atom is 0.508 e. The van der Waals surface area contributed by atoms with Gasteiger partial charge in [-0.3, -0.25) is 14.4 Å². The van der Waals surface area contributed by atoms with Gasteiger partial charge in [0, 0.05) is 12.8 Å². The molecule has 0 saturated heterocycles. The van der Waals surface area contributed by atoms with Crippen LogP contribution in [0.3, 0.4) is 0 Å². The van der Waals surface area contributed by atoms with Crippen molar-refractivity contribution in [2.75, 3.05) is 13.7 Å².